The lowest BCUT2D eigenvalue weighted by atomic mass is 9.81. The number of anilines is 1. The Morgan fingerprint density at radius 3 is 2.53 bits per heavy atom. The molecule has 1 N–H and O–H groups in total. The number of rotatable bonds is 6. The molecule has 2 aliphatic carbocycles. The minimum Gasteiger partial charge on any atom is -0.337 e. The first-order valence-electron chi connectivity index (χ1n) is 11.9. The number of benzene rings is 1. The Bertz CT molecular complexity index is 889. The zero-order chi connectivity index (χ0) is 22.8. The number of halogens is 1. The molecule has 1 aliphatic heterocycles. The summed E-state index contributed by atoms with van der Waals surface area (Å²) in [6.45, 7) is 7.33. The van der Waals surface area contributed by atoms with Crippen molar-refractivity contribution in [3.05, 3.63) is 28.3 Å². The molecule has 0 bridgehead atoms. The molecule has 3 fully saturated rings. The molecule has 0 spiro atoms. The first-order chi connectivity index (χ1) is 15.3. The summed E-state index contributed by atoms with van der Waals surface area (Å²) < 4.78 is 0. The van der Waals surface area contributed by atoms with Crippen molar-refractivity contribution in [2.75, 3.05) is 25.0 Å². The van der Waals surface area contributed by atoms with Gasteiger partial charge in [-0.15, -0.1) is 0 Å². The lowest BCUT2D eigenvalue weighted by Gasteiger charge is -2.41. The van der Waals surface area contributed by atoms with Gasteiger partial charge < -0.3 is 10.2 Å². The average molecular weight is 460 g/mol. The molecule has 1 atom stereocenters. The van der Waals surface area contributed by atoms with Gasteiger partial charge in [-0.25, -0.2) is 0 Å². The largest absolute Gasteiger partial charge is 0.337 e. The number of ketones is 1. The van der Waals surface area contributed by atoms with Crippen molar-refractivity contribution in [3.8, 4) is 0 Å². The molecule has 6 nitrogen and oxygen atoms in total. The van der Waals surface area contributed by atoms with E-state index in [2.05, 4.69) is 22.0 Å². The summed E-state index contributed by atoms with van der Waals surface area (Å²) in [4.78, 5) is 40.9. The molecule has 2 amide bonds. The van der Waals surface area contributed by atoms with Crippen LogP contribution in [0, 0.1) is 18.8 Å². The lowest BCUT2D eigenvalue weighted by molar-refractivity contribution is -0.140. The van der Waals surface area contributed by atoms with Crippen molar-refractivity contribution >= 4 is 34.9 Å². The molecule has 0 unspecified atom stereocenters. The molecule has 1 saturated heterocycles. The van der Waals surface area contributed by atoms with E-state index in [1.54, 1.807) is 6.07 Å². The Kier molecular flexibility index (Phi) is 7.21. The number of hydrogen-bond acceptors (Lipinski definition) is 4. The fourth-order valence-electron chi connectivity index (χ4n) is 5.37. The van der Waals surface area contributed by atoms with E-state index in [1.165, 1.54) is 12.8 Å². The van der Waals surface area contributed by atoms with Crippen molar-refractivity contribution in [3.63, 3.8) is 0 Å². The first-order valence-corrected chi connectivity index (χ1v) is 12.3. The molecule has 0 radical (unpaired) electrons. The number of piperazine rings is 1. The number of nitrogens with one attached hydrogen (secondary N) is 1. The van der Waals surface area contributed by atoms with Crippen LogP contribution in [0.25, 0.3) is 0 Å². The van der Waals surface area contributed by atoms with Crippen LogP contribution < -0.4 is 5.32 Å². The summed E-state index contributed by atoms with van der Waals surface area (Å²) in [6.07, 6.45) is 5.84. The second kappa shape index (κ2) is 9.92. The Morgan fingerprint density at radius 1 is 1.16 bits per heavy atom. The van der Waals surface area contributed by atoms with Gasteiger partial charge in [0.05, 0.1) is 0 Å². The molecular weight excluding hydrogens is 426 g/mol. The van der Waals surface area contributed by atoms with E-state index < -0.39 is 0 Å². The average Bonchev–Trinajstić information content (AvgIpc) is 3.25. The van der Waals surface area contributed by atoms with E-state index in [1.807, 2.05) is 13.0 Å². The van der Waals surface area contributed by atoms with E-state index in [0.29, 0.717) is 30.2 Å². The van der Waals surface area contributed by atoms with Gasteiger partial charge in [-0.05, 0) is 55.9 Å². The van der Waals surface area contributed by atoms with E-state index in [-0.39, 0.29) is 29.6 Å². The molecule has 7 heteroatoms. The molecule has 1 aromatic rings. The Morgan fingerprint density at radius 2 is 1.88 bits per heavy atom. The number of amides is 2. The van der Waals surface area contributed by atoms with Crippen LogP contribution in [0.1, 0.15) is 63.0 Å². The topological polar surface area (TPSA) is 69.7 Å². The quantitative estimate of drug-likeness (QED) is 0.692. The van der Waals surface area contributed by atoms with Crippen molar-refractivity contribution < 1.29 is 14.4 Å². The molecule has 174 valence electrons. The smallest absolute Gasteiger partial charge is 0.226 e. The molecule has 2 saturated carbocycles. The van der Waals surface area contributed by atoms with Crippen molar-refractivity contribution in [1.82, 2.24) is 9.80 Å². The first kappa shape index (κ1) is 23.2. The maximum Gasteiger partial charge on any atom is 0.226 e. The lowest BCUT2D eigenvalue weighted by Crippen LogP contribution is -2.54. The minimum atomic E-state index is -0.0634. The maximum absolute atomic E-state index is 12.9. The Hall–Kier alpha value is -1.92. The summed E-state index contributed by atoms with van der Waals surface area (Å²) in [7, 11) is 0. The summed E-state index contributed by atoms with van der Waals surface area (Å²) >= 11 is 6.39. The van der Waals surface area contributed by atoms with Crippen LogP contribution in [0.15, 0.2) is 12.1 Å². The summed E-state index contributed by atoms with van der Waals surface area (Å²) in [5, 5.41) is 3.60. The van der Waals surface area contributed by atoms with Crippen LogP contribution in [-0.4, -0.2) is 53.1 Å². The van der Waals surface area contributed by atoms with Gasteiger partial charge in [0, 0.05) is 68.1 Å². The molecule has 3 aliphatic rings. The highest BCUT2D eigenvalue weighted by Crippen LogP contribution is 2.31. The number of Topliss-reactive ketones (excluding diaryl/α,β-unsaturated/α-hetero) is 1. The molecular formula is C25H34ClN3O3. The predicted octanol–water partition coefficient (Wildman–Crippen LogP) is 4.18. The van der Waals surface area contributed by atoms with Gasteiger partial charge in [0.15, 0.2) is 0 Å². The fourth-order valence-corrected chi connectivity index (χ4v) is 5.61. The van der Waals surface area contributed by atoms with Crippen LogP contribution in [0.5, 0.6) is 0 Å². The van der Waals surface area contributed by atoms with Crippen LogP contribution in [-0.2, 0) is 20.9 Å². The highest BCUT2D eigenvalue weighted by atomic mass is 35.5. The normalized spacial score (nSPS) is 22.8. The second-order valence-corrected chi connectivity index (χ2v) is 10.3. The van der Waals surface area contributed by atoms with Gasteiger partial charge >= 0.3 is 0 Å². The van der Waals surface area contributed by atoms with Crippen LogP contribution >= 0.6 is 11.6 Å². The number of hydrogen-bond donors (Lipinski definition) is 1. The van der Waals surface area contributed by atoms with Gasteiger partial charge in [-0.2, -0.15) is 0 Å². The van der Waals surface area contributed by atoms with Crippen molar-refractivity contribution in [2.45, 2.75) is 71.4 Å². The molecule has 1 heterocycles. The zero-order valence-electron chi connectivity index (χ0n) is 19.2. The Balaban J connectivity index is 1.36. The monoisotopic (exact) mass is 459 g/mol. The van der Waals surface area contributed by atoms with Crippen LogP contribution in [0.3, 0.4) is 0 Å². The maximum atomic E-state index is 12.9. The molecule has 0 aromatic heterocycles. The fraction of sp³-hybridized carbons (Fsp3) is 0.640. The predicted molar refractivity (Wildman–Crippen MR) is 126 cm³/mol. The second-order valence-electron chi connectivity index (χ2n) is 9.90. The zero-order valence-corrected chi connectivity index (χ0v) is 19.9. The van der Waals surface area contributed by atoms with Crippen molar-refractivity contribution in [1.29, 1.82) is 0 Å². The van der Waals surface area contributed by atoms with Crippen LogP contribution in [0.4, 0.5) is 5.69 Å². The van der Waals surface area contributed by atoms with Gasteiger partial charge in [0.1, 0.15) is 5.78 Å². The number of carbonyl (C=O) groups is 3. The third-order valence-electron chi connectivity index (χ3n) is 7.35. The van der Waals surface area contributed by atoms with Gasteiger partial charge in [0.2, 0.25) is 11.8 Å². The number of nitrogens with zero attached hydrogens (tertiary/aromatic N) is 2. The van der Waals surface area contributed by atoms with Gasteiger partial charge in [-0.3, -0.25) is 19.3 Å². The SMILES string of the molecule is Cc1c(CN2CCN(C(=O)C3CCCC3)[C@@H](C)C2)cc(Cl)cc1NC(=O)CC1CC(=O)C1. The molecule has 1 aromatic carbocycles. The van der Waals surface area contributed by atoms with E-state index in [4.69, 9.17) is 11.6 Å². The third-order valence-corrected chi connectivity index (χ3v) is 7.57. The highest BCUT2D eigenvalue weighted by Gasteiger charge is 2.33. The van der Waals surface area contributed by atoms with E-state index >= 15 is 0 Å². The van der Waals surface area contributed by atoms with E-state index in [9.17, 15) is 14.4 Å². The summed E-state index contributed by atoms with van der Waals surface area (Å²) in [5.41, 5.74) is 2.85. The van der Waals surface area contributed by atoms with Gasteiger partial charge in [-0.1, -0.05) is 24.4 Å². The number of carbonyl (C=O) groups excluding carboxylic acids is 3. The molecule has 32 heavy (non-hydrogen) atoms. The molecule has 4 rings (SSSR count). The highest BCUT2D eigenvalue weighted by molar-refractivity contribution is 6.31. The summed E-state index contributed by atoms with van der Waals surface area (Å²) in [6, 6.07) is 3.96. The van der Waals surface area contributed by atoms with Crippen LogP contribution in [0.2, 0.25) is 5.02 Å². The summed E-state index contributed by atoms with van der Waals surface area (Å²) in [5.74, 6) is 0.913. The van der Waals surface area contributed by atoms with E-state index in [0.717, 1.165) is 55.8 Å². The Labute approximate surface area is 195 Å². The standard InChI is InChI=1S/C25H34ClN3O3/c1-16-14-28(7-8-29(16)25(32)19-5-3-4-6-19)15-20-12-21(26)13-23(17(20)2)27-24(31)11-18-9-22(30)10-18/h12-13,16,18-19H,3-11,14-15H2,1-2H3,(H,27,31)/t16-/m0/s1. The van der Waals surface area contributed by atoms with Crippen molar-refractivity contribution in [2.24, 2.45) is 11.8 Å². The van der Waals surface area contributed by atoms with Gasteiger partial charge in [0.25, 0.3) is 0 Å². The minimum absolute atomic E-state index is 0.0634. The third kappa shape index (κ3) is 5.34.